The highest BCUT2D eigenvalue weighted by Crippen LogP contribution is 2.38. The number of ether oxygens (including phenoxy) is 1. The summed E-state index contributed by atoms with van der Waals surface area (Å²) in [5, 5.41) is 3.09. The number of nitrogens with zero attached hydrogens (tertiary/aromatic N) is 3. The average Bonchev–Trinajstić information content (AvgIpc) is 3.01. The average molecular weight is 208 g/mol. The Morgan fingerprint density at radius 3 is 2.67 bits per heavy atom. The maximum absolute atomic E-state index is 5.31. The number of nitrogens with one attached hydrogen (secondary N) is 1. The van der Waals surface area contributed by atoms with Gasteiger partial charge in [-0.3, -0.25) is 0 Å². The van der Waals surface area contributed by atoms with Crippen LogP contribution in [0.3, 0.4) is 0 Å². The van der Waals surface area contributed by atoms with E-state index in [1.54, 1.807) is 0 Å². The molecule has 15 heavy (non-hydrogen) atoms. The first-order chi connectivity index (χ1) is 7.33. The quantitative estimate of drug-likeness (QED) is 0.796. The summed E-state index contributed by atoms with van der Waals surface area (Å²) in [5.41, 5.74) is 0. The molecule has 1 aliphatic carbocycles. The zero-order chi connectivity index (χ0) is 10.7. The molecule has 1 aromatic heterocycles. The number of anilines is 1. The molecule has 0 saturated heterocycles. The highest BCUT2D eigenvalue weighted by atomic mass is 16.5. The van der Waals surface area contributed by atoms with Gasteiger partial charge in [0.15, 0.2) is 0 Å². The third kappa shape index (κ3) is 2.55. The Bertz CT molecular complexity index is 314. The summed E-state index contributed by atoms with van der Waals surface area (Å²) in [6.45, 7) is 5.33. The molecule has 0 aromatic carbocycles. The van der Waals surface area contributed by atoms with Crippen molar-refractivity contribution in [3.63, 3.8) is 0 Å². The van der Waals surface area contributed by atoms with Crippen LogP contribution < -0.4 is 10.1 Å². The van der Waals surface area contributed by atoms with Crippen LogP contribution in [0, 0.1) is 0 Å². The van der Waals surface area contributed by atoms with Crippen LogP contribution in [0.4, 0.5) is 5.95 Å². The second-order valence-electron chi connectivity index (χ2n) is 3.54. The Morgan fingerprint density at radius 2 is 2.07 bits per heavy atom. The molecule has 0 bridgehead atoms. The molecule has 1 saturated carbocycles. The van der Waals surface area contributed by atoms with Crippen LogP contribution in [0.2, 0.25) is 0 Å². The van der Waals surface area contributed by atoms with Gasteiger partial charge >= 0.3 is 6.01 Å². The van der Waals surface area contributed by atoms with Crippen molar-refractivity contribution in [3.8, 4) is 6.01 Å². The fourth-order valence-corrected chi connectivity index (χ4v) is 1.33. The second-order valence-corrected chi connectivity index (χ2v) is 3.54. The van der Waals surface area contributed by atoms with Crippen LogP contribution in [0.25, 0.3) is 0 Å². The lowest BCUT2D eigenvalue weighted by Crippen LogP contribution is -2.08. The third-order valence-corrected chi connectivity index (χ3v) is 2.18. The Balaban J connectivity index is 2.21. The van der Waals surface area contributed by atoms with Crippen LogP contribution in [0.5, 0.6) is 6.01 Å². The Morgan fingerprint density at radius 1 is 1.27 bits per heavy atom. The summed E-state index contributed by atoms with van der Waals surface area (Å²) in [6.07, 6.45) is 2.36. The summed E-state index contributed by atoms with van der Waals surface area (Å²) in [5.74, 6) is 2.01. The maximum Gasteiger partial charge on any atom is 0.321 e. The molecule has 5 heteroatoms. The summed E-state index contributed by atoms with van der Waals surface area (Å²) in [7, 11) is 0. The van der Waals surface area contributed by atoms with Crippen LogP contribution in [0.15, 0.2) is 0 Å². The summed E-state index contributed by atoms with van der Waals surface area (Å²) < 4.78 is 5.31. The van der Waals surface area contributed by atoms with Gasteiger partial charge in [0, 0.05) is 12.5 Å². The van der Waals surface area contributed by atoms with E-state index in [4.69, 9.17) is 4.74 Å². The van der Waals surface area contributed by atoms with Gasteiger partial charge in [0.2, 0.25) is 5.95 Å². The van der Waals surface area contributed by atoms with Crippen molar-refractivity contribution < 1.29 is 4.74 Å². The predicted octanol–water partition coefficient (Wildman–Crippen LogP) is 1.58. The Labute approximate surface area is 89.3 Å². The van der Waals surface area contributed by atoms with Crippen molar-refractivity contribution in [2.45, 2.75) is 32.6 Å². The maximum atomic E-state index is 5.31. The predicted molar refractivity (Wildman–Crippen MR) is 57.1 cm³/mol. The fourth-order valence-electron chi connectivity index (χ4n) is 1.33. The van der Waals surface area contributed by atoms with E-state index in [2.05, 4.69) is 20.3 Å². The van der Waals surface area contributed by atoms with E-state index in [1.165, 1.54) is 12.8 Å². The van der Waals surface area contributed by atoms with E-state index in [0.29, 0.717) is 24.5 Å². The van der Waals surface area contributed by atoms with Crippen LogP contribution in [-0.2, 0) is 0 Å². The molecular formula is C10H16N4O. The van der Waals surface area contributed by atoms with Gasteiger partial charge in [0.1, 0.15) is 5.82 Å². The van der Waals surface area contributed by atoms with E-state index in [1.807, 2.05) is 13.8 Å². The first-order valence-corrected chi connectivity index (χ1v) is 5.46. The molecule has 0 spiro atoms. The van der Waals surface area contributed by atoms with Gasteiger partial charge in [-0.15, -0.1) is 0 Å². The standard InChI is InChI=1S/C10H16N4O/c1-3-11-9-12-8(7-5-6-7)13-10(14-9)15-4-2/h7H,3-6H2,1-2H3,(H,11,12,13,14). The molecule has 1 N–H and O–H groups in total. The molecule has 82 valence electrons. The lowest BCUT2D eigenvalue weighted by molar-refractivity contribution is 0.310. The highest BCUT2D eigenvalue weighted by molar-refractivity contribution is 5.27. The van der Waals surface area contributed by atoms with Crippen molar-refractivity contribution in [1.82, 2.24) is 15.0 Å². The molecule has 0 amide bonds. The second kappa shape index (κ2) is 4.42. The molecule has 0 aliphatic heterocycles. The van der Waals surface area contributed by atoms with Crippen LogP contribution in [-0.4, -0.2) is 28.1 Å². The normalized spacial score (nSPS) is 15.1. The van der Waals surface area contributed by atoms with Crippen LogP contribution in [0.1, 0.15) is 38.4 Å². The molecule has 1 aliphatic rings. The van der Waals surface area contributed by atoms with E-state index >= 15 is 0 Å². The SMILES string of the molecule is CCNc1nc(OCC)nc(C2CC2)n1. The van der Waals surface area contributed by atoms with Crippen molar-refractivity contribution >= 4 is 5.95 Å². The Kier molecular flexibility index (Phi) is 2.99. The molecule has 0 atom stereocenters. The summed E-state index contributed by atoms with van der Waals surface area (Å²) in [4.78, 5) is 12.8. The number of rotatable bonds is 5. The Hall–Kier alpha value is -1.39. The van der Waals surface area contributed by atoms with Crippen molar-refractivity contribution in [1.29, 1.82) is 0 Å². The molecule has 5 nitrogen and oxygen atoms in total. The zero-order valence-electron chi connectivity index (χ0n) is 9.16. The number of hydrogen-bond acceptors (Lipinski definition) is 5. The molecule has 2 rings (SSSR count). The first kappa shape index (κ1) is 10.1. The molecule has 0 unspecified atom stereocenters. The van der Waals surface area contributed by atoms with E-state index in [-0.39, 0.29) is 0 Å². The molecule has 1 fully saturated rings. The highest BCUT2D eigenvalue weighted by Gasteiger charge is 2.27. The van der Waals surface area contributed by atoms with Crippen molar-refractivity contribution in [2.75, 3.05) is 18.5 Å². The largest absolute Gasteiger partial charge is 0.464 e. The number of hydrogen-bond donors (Lipinski definition) is 1. The van der Waals surface area contributed by atoms with Crippen LogP contribution >= 0.6 is 0 Å². The van der Waals surface area contributed by atoms with Gasteiger partial charge in [-0.05, 0) is 26.7 Å². The van der Waals surface area contributed by atoms with Crippen molar-refractivity contribution in [3.05, 3.63) is 5.82 Å². The smallest absolute Gasteiger partial charge is 0.321 e. The summed E-state index contributed by atoms with van der Waals surface area (Å²) in [6, 6.07) is 0.436. The summed E-state index contributed by atoms with van der Waals surface area (Å²) >= 11 is 0. The van der Waals surface area contributed by atoms with Gasteiger partial charge in [-0.2, -0.15) is 15.0 Å². The van der Waals surface area contributed by atoms with Gasteiger partial charge in [0.05, 0.1) is 6.61 Å². The molecular weight excluding hydrogens is 192 g/mol. The zero-order valence-corrected chi connectivity index (χ0v) is 9.16. The molecule has 1 aromatic rings. The van der Waals surface area contributed by atoms with E-state index in [0.717, 1.165) is 12.4 Å². The molecule has 0 radical (unpaired) electrons. The molecule has 1 heterocycles. The van der Waals surface area contributed by atoms with E-state index < -0.39 is 0 Å². The third-order valence-electron chi connectivity index (χ3n) is 2.18. The number of aromatic nitrogens is 3. The first-order valence-electron chi connectivity index (χ1n) is 5.46. The fraction of sp³-hybridized carbons (Fsp3) is 0.700. The minimum absolute atomic E-state index is 0.436. The van der Waals surface area contributed by atoms with Crippen molar-refractivity contribution in [2.24, 2.45) is 0 Å². The van der Waals surface area contributed by atoms with Gasteiger partial charge in [0.25, 0.3) is 0 Å². The van der Waals surface area contributed by atoms with Gasteiger partial charge in [-0.1, -0.05) is 0 Å². The van der Waals surface area contributed by atoms with Gasteiger partial charge in [-0.25, -0.2) is 0 Å². The van der Waals surface area contributed by atoms with Gasteiger partial charge < -0.3 is 10.1 Å². The van der Waals surface area contributed by atoms with E-state index in [9.17, 15) is 0 Å². The monoisotopic (exact) mass is 208 g/mol. The minimum atomic E-state index is 0.436. The lowest BCUT2D eigenvalue weighted by atomic mass is 10.4. The lowest BCUT2D eigenvalue weighted by Gasteiger charge is -2.06. The minimum Gasteiger partial charge on any atom is -0.464 e. The topological polar surface area (TPSA) is 59.9 Å².